The van der Waals surface area contributed by atoms with Crippen molar-refractivity contribution >= 4 is 44.8 Å². The molecule has 0 spiro atoms. The zero-order chi connectivity index (χ0) is 16.7. The molecule has 0 fully saturated rings. The Morgan fingerprint density at radius 2 is 1.92 bits per heavy atom. The maximum absolute atomic E-state index is 12.7. The Morgan fingerprint density at radius 3 is 2.62 bits per heavy atom. The lowest BCUT2D eigenvalue weighted by Crippen LogP contribution is -2.20. The van der Waals surface area contributed by atoms with Gasteiger partial charge in [-0.1, -0.05) is 36.0 Å². The number of hydrogen-bond donors (Lipinski definition) is 0. The maximum atomic E-state index is 12.7. The van der Waals surface area contributed by atoms with Crippen molar-refractivity contribution in [3.63, 3.8) is 0 Å². The Kier molecular flexibility index (Phi) is 3.86. The lowest BCUT2D eigenvalue weighted by molar-refractivity contribution is 0.726. The van der Waals surface area contributed by atoms with Crippen LogP contribution in [0.3, 0.4) is 0 Å². The van der Waals surface area contributed by atoms with Gasteiger partial charge in [-0.3, -0.25) is 9.36 Å². The van der Waals surface area contributed by atoms with Crippen LogP contribution < -0.4 is 5.56 Å². The largest absolute Gasteiger partial charge is 0.290 e. The summed E-state index contributed by atoms with van der Waals surface area (Å²) in [6.45, 7) is 1.99. The lowest BCUT2D eigenvalue weighted by atomic mass is 10.1. The van der Waals surface area contributed by atoms with Crippen LogP contribution in [-0.4, -0.2) is 14.5 Å². The number of thiazole rings is 1. The highest BCUT2D eigenvalue weighted by Crippen LogP contribution is 2.24. The summed E-state index contributed by atoms with van der Waals surface area (Å²) in [4.78, 5) is 21.9. The summed E-state index contributed by atoms with van der Waals surface area (Å²) in [6.07, 6.45) is 0. The number of aryl methyl sites for hydroxylation is 1. The third kappa shape index (κ3) is 2.72. The highest BCUT2D eigenvalue weighted by Gasteiger charge is 2.11. The summed E-state index contributed by atoms with van der Waals surface area (Å²) in [7, 11) is 1.78. The number of nitrogens with zero attached hydrogens (tertiary/aromatic N) is 3. The fourth-order valence-electron chi connectivity index (χ4n) is 2.68. The third-order valence-electron chi connectivity index (χ3n) is 3.92. The fraction of sp³-hybridized carbons (Fsp3) is 0.167. The zero-order valence-electron chi connectivity index (χ0n) is 13.3. The van der Waals surface area contributed by atoms with E-state index in [0.29, 0.717) is 16.3 Å². The molecule has 0 aliphatic carbocycles. The molecular formula is C18H15N3OS2. The Bertz CT molecular complexity index is 1110. The Labute approximate surface area is 147 Å². The minimum atomic E-state index is -0.0114. The van der Waals surface area contributed by atoms with Crippen molar-refractivity contribution in [2.45, 2.75) is 17.8 Å². The van der Waals surface area contributed by atoms with Crippen LogP contribution in [0.4, 0.5) is 0 Å². The molecule has 4 aromatic rings. The Balaban J connectivity index is 1.79. The summed E-state index contributed by atoms with van der Waals surface area (Å²) < 4.78 is 1.63. The average Bonchev–Trinajstić information content (AvgIpc) is 3.01. The zero-order valence-corrected chi connectivity index (χ0v) is 14.9. The SMILES string of the molecule is Cc1nc(CSc2nc3cc4ccccc4cc3c(=O)n2C)cs1. The first-order valence-corrected chi connectivity index (χ1v) is 9.42. The molecule has 4 nitrogen and oxygen atoms in total. The topological polar surface area (TPSA) is 47.8 Å². The first kappa shape index (κ1) is 15.4. The van der Waals surface area contributed by atoms with Gasteiger partial charge in [0.2, 0.25) is 0 Å². The maximum Gasteiger partial charge on any atom is 0.261 e. The van der Waals surface area contributed by atoms with Gasteiger partial charge in [-0.15, -0.1) is 11.3 Å². The molecule has 2 aromatic carbocycles. The number of aromatic nitrogens is 3. The molecule has 0 radical (unpaired) electrons. The second-order valence-electron chi connectivity index (χ2n) is 5.62. The Morgan fingerprint density at radius 1 is 1.17 bits per heavy atom. The van der Waals surface area contributed by atoms with E-state index >= 15 is 0 Å². The quantitative estimate of drug-likeness (QED) is 0.315. The van der Waals surface area contributed by atoms with E-state index in [-0.39, 0.29) is 5.56 Å². The molecule has 2 heterocycles. The van der Waals surface area contributed by atoms with Gasteiger partial charge in [0, 0.05) is 18.2 Å². The molecular weight excluding hydrogens is 338 g/mol. The minimum absolute atomic E-state index is 0.0114. The molecule has 2 aromatic heterocycles. The van der Waals surface area contributed by atoms with Crippen LogP contribution in [0.2, 0.25) is 0 Å². The second kappa shape index (κ2) is 6.03. The first-order valence-electron chi connectivity index (χ1n) is 7.55. The highest BCUT2D eigenvalue weighted by molar-refractivity contribution is 7.98. The van der Waals surface area contributed by atoms with Crippen LogP contribution in [0.25, 0.3) is 21.7 Å². The van der Waals surface area contributed by atoms with Gasteiger partial charge in [0.25, 0.3) is 5.56 Å². The molecule has 0 saturated heterocycles. The van der Waals surface area contributed by atoms with E-state index in [2.05, 4.69) is 10.4 Å². The smallest absolute Gasteiger partial charge is 0.261 e. The number of fused-ring (bicyclic) bond motifs is 2. The summed E-state index contributed by atoms with van der Waals surface area (Å²) >= 11 is 3.18. The third-order valence-corrected chi connectivity index (χ3v) is 5.80. The van der Waals surface area contributed by atoms with Gasteiger partial charge in [0.05, 0.1) is 21.6 Å². The molecule has 0 saturated carbocycles. The van der Waals surface area contributed by atoms with E-state index in [1.54, 1.807) is 34.7 Å². The van der Waals surface area contributed by atoms with Gasteiger partial charge in [-0.2, -0.15) is 0 Å². The molecule has 0 aliphatic rings. The van der Waals surface area contributed by atoms with Crippen LogP contribution >= 0.6 is 23.1 Å². The van der Waals surface area contributed by atoms with Gasteiger partial charge in [0.15, 0.2) is 5.16 Å². The number of benzene rings is 2. The summed E-state index contributed by atoms with van der Waals surface area (Å²) in [5, 5.41) is 6.63. The van der Waals surface area contributed by atoms with Crippen LogP contribution in [0, 0.1) is 6.92 Å². The molecule has 0 amide bonds. The molecule has 0 atom stereocenters. The van der Waals surface area contributed by atoms with E-state index < -0.39 is 0 Å². The minimum Gasteiger partial charge on any atom is -0.290 e. The summed E-state index contributed by atoms with van der Waals surface area (Å²) in [6, 6.07) is 11.9. The van der Waals surface area contributed by atoms with Crippen molar-refractivity contribution in [2.75, 3.05) is 0 Å². The summed E-state index contributed by atoms with van der Waals surface area (Å²) in [5.41, 5.74) is 1.76. The second-order valence-corrected chi connectivity index (χ2v) is 7.63. The molecule has 24 heavy (non-hydrogen) atoms. The van der Waals surface area contributed by atoms with Crippen LogP contribution in [-0.2, 0) is 12.8 Å². The van der Waals surface area contributed by atoms with Gasteiger partial charge >= 0.3 is 0 Å². The monoisotopic (exact) mass is 353 g/mol. The van der Waals surface area contributed by atoms with Gasteiger partial charge in [-0.25, -0.2) is 9.97 Å². The van der Waals surface area contributed by atoms with Gasteiger partial charge in [-0.05, 0) is 29.8 Å². The van der Waals surface area contributed by atoms with Crippen LogP contribution in [0.1, 0.15) is 10.7 Å². The molecule has 4 rings (SSSR count). The van der Waals surface area contributed by atoms with Crippen molar-refractivity contribution in [1.29, 1.82) is 0 Å². The number of hydrogen-bond acceptors (Lipinski definition) is 5. The highest BCUT2D eigenvalue weighted by atomic mass is 32.2. The van der Waals surface area contributed by atoms with E-state index in [0.717, 1.165) is 27.0 Å². The lowest BCUT2D eigenvalue weighted by Gasteiger charge is -2.09. The van der Waals surface area contributed by atoms with E-state index in [1.807, 2.05) is 43.3 Å². The van der Waals surface area contributed by atoms with E-state index in [1.165, 1.54) is 0 Å². The molecule has 0 aliphatic heterocycles. The van der Waals surface area contributed by atoms with Crippen LogP contribution in [0.15, 0.2) is 51.7 Å². The van der Waals surface area contributed by atoms with E-state index in [4.69, 9.17) is 4.98 Å². The Hall–Kier alpha value is -2.18. The van der Waals surface area contributed by atoms with E-state index in [9.17, 15) is 4.79 Å². The van der Waals surface area contributed by atoms with Gasteiger partial charge in [0.1, 0.15) is 0 Å². The predicted octanol–water partition coefficient (Wildman–Crippen LogP) is 4.14. The molecule has 0 bridgehead atoms. The molecule has 0 unspecified atom stereocenters. The predicted molar refractivity (Wildman–Crippen MR) is 101 cm³/mol. The fourth-order valence-corrected chi connectivity index (χ4v) is 4.26. The van der Waals surface area contributed by atoms with Crippen molar-refractivity contribution in [1.82, 2.24) is 14.5 Å². The molecule has 120 valence electrons. The summed E-state index contributed by atoms with van der Waals surface area (Å²) in [5.74, 6) is 0.712. The normalized spacial score (nSPS) is 11.4. The molecule has 0 N–H and O–H groups in total. The van der Waals surface area contributed by atoms with Crippen molar-refractivity contribution in [3.05, 3.63) is 62.8 Å². The van der Waals surface area contributed by atoms with Gasteiger partial charge < -0.3 is 0 Å². The number of thioether (sulfide) groups is 1. The molecule has 6 heteroatoms. The average molecular weight is 353 g/mol. The first-order chi connectivity index (χ1) is 11.6. The van der Waals surface area contributed by atoms with Crippen molar-refractivity contribution in [2.24, 2.45) is 7.05 Å². The standard InChI is InChI=1S/C18H15N3OS2/c1-11-19-14(9-23-11)10-24-18-20-16-8-13-6-4-3-5-12(13)7-15(16)17(22)21(18)2/h3-9H,10H2,1-2H3. The van der Waals surface area contributed by atoms with Crippen LogP contribution in [0.5, 0.6) is 0 Å². The van der Waals surface area contributed by atoms with Crippen molar-refractivity contribution in [3.8, 4) is 0 Å². The number of rotatable bonds is 3. The van der Waals surface area contributed by atoms with Crippen molar-refractivity contribution < 1.29 is 0 Å².